The molecule has 4 nitrogen and oxygen atoms in total. The van der Waals surface area contributed by atoms with Crippen molar-refractivity contribution in [2.75, 3.05) is 0 Å². The molecule has 3 rings (SSSR count). The van der Waals surface area contributed by atoms with E-state index in [1.807, 2.05) is 4.40 Å². The van der Waals surface area contributed by atoms with Gasteiger partial charge in [0.1, 0.15) is 17.3 Å². The van der Waals surface area contributed by atoms with Gasteiger partial charge in [0.05, 0.1) is 0 Å². The third-order valence-corrected chi connectivity index (χ3v) is 3.72. The Morgan fingerprint density at radius 3 is 2.81 bits per heavy atom. The fourth-order valence-corrected chi connectivity index (χ4v) is 2.70. The van der Waals surface area contributed by atoms with Crippen LogP contribution in [-0.2, 0) is 5.41 Å². The SMILES string of the molecule is CC1(c2nnc3cc(Cl)ncn23)CCCC1. The lowest BCUT2D eigenvalue weighted by Gasteiger charge is -2.20. The van der Waals surface area contributed by atoms with Gasteiger partial charge in [-0.25, -0.2) is 4.98 Å². The van der Waals surface area contributed by atoms with Crippen molar-refractivity contribution in [1.82, 2.24) is 19.6 Å². The lowest BCUT2D eigenvalue weighted by Crippen LogP contribution is -2.20. The Bertz CT molecular complexity index is 528. The van der Waals surface area contributed by atoms with Gasteiger partial charge in [0.15, 0.2) is 5.65 Å². The van der Waals surface area contributed by atoms with Crippen LogP contribution in [0.15, 0.2) is 12.4 Å². The van der Waals surface area contributed by atoms with Crippen LogP contribution in [0.2, 0.25) is 5.15 Å². The van der Waals surface area contributed by atoms with Crippen LogP contribution in [0.3, 0.4) is 0 Å². The van der Waals surface area contributed by atoms with E-state index in [2.05, 4.69) is 22.1 Å². The molecule has 1 aliphatic carbocycles. The van der Waals surface area contributed by atoms with Crippen molar-refractivity contribution in [3.63, 3.8) is 0 Å². The van der Waals surface area contributed by atoms with E-state index in [4.69, 9.17) is 11.6 Å². The number of nitrogens with zero attached hydrogens (tertiary/aromatic N) is 4. The number of rotatable bonds is 1. The summed E-state index contributed by atoms with van der Waals surface area (Å²) < 4.78 is 1.96. The summed E-state index contributed by atoms with van der Waals surface area (Å²) in [5.74, 6) is 1.02. The maximum absolute atomic E-state index is 5.83. The fraction of sp³-hybridized carbons (Fsp3) is 0.545. The predicted octanol–water partition coefficient (Wildman–Crippen LogP) is 2.61. The molecule has 0 saturated heterocycles. The van der Waals surface area contributed by atoms with Gasteiger partial charge in [0.2, 0.25) is 0 Å². The van der Waals surface area contributed by atoms with E-state index in [1.165, 1.54) is 25.7 Å². The van der Waals surface area contributed by atoms with Gasteiger partial charge < -0.3 is 0 Å². The second-order valence-corrected chi connectivity index (χ2v) is 5.12. The molecule has 0 aliphatic heterocycles. The zero-order valence-corrected chi connectivity index (χ0v) is 9.91. The highest BCUT2D eigenvalue weighted by molar-refractivity contribution is 6.29. The summed E-state index contributed by atoms with van der Waals surface area (Å²) in [5.41, 5.74) is 0.928. The van der Waals surface area contributed by atoms with Crippen molar-refractivity contribution in [2.24, 2.45) is 0 Å². The summed E-state index contributed by atoms with van der Waals surface area (Å²) in [4.78, 5) is 4.09. The monoisotopic (exact) mass is 236 g/mol. The summed E-state index contributed by atoms with van der Waals surface area (Å²) in [6, 6.07) is 1.75. The van der Waals surface area contributed by atoms with Gasteiger partial charge in [0, 0.05) is 11.5 Å². The second kappa shape index (κ2) is 3.42. The third-order valence-electron chi connectivity index (χ3n) is 3.51. The van der Waals surface area contributed by atoms with Crippen molar-refractivity contribution in [1.29, 1.82) is 0 Å². The minimum atomic E-state index is 0.148. The van der Waals surface area contributed by atoms with Gasteiger partial charge in [-0.05, 0) is 12.8 Å². The summed E-state index contributed by atoms with van der Waals surface area (Å²) in [6.45, 7) is 2.26. The maximum Gasteiger partial charge on any atom is 0.165 e. The Morgan fingerprint density at radius 1 is 1.31 bits per heavy atom. The van der Waals surface area contributed by atoms with Gasteiger partial charge >= 0.3 is 0 Å². The van der Waals surface area contributed by atoms with Gasteiger partial charge in [-0.2, -0.15) is 0 Å². The molecule has 0 bridgehead atoms. The van der Waals surface area contributed by atoms with Crippen molar-refractivity contribution in [2.45, 2.75) is 38.0 Å². The number of halogens is 1. The quantitative estimate of drug-likeness (QED) is 0.715. The van der Waals surface area contributed by atoms with E-state index in [9.17, 15) is 0 Å². The van der Waals surface area contributed by atoms with Gasteiger partial charge in [0.25, 0.3) is 0 Å². The van der Waals surface area contributed by atoms with Crippen LogP contribution in [0, 0.1) is 0 Å². The molecule has 0 radical (unpaired) electrons. The Balaban J connectivity index is 2.17. The molecule has 84 valence electrons. The normalized spacial score (nSPS) is 19.4. The molecule has 0 atom stereocenters. The Morgan fingerprint density at radius 2 is 2.06 bits per heavy atom. The van der Waals surface area contributed by atoms with Crippen LogP contribution in [0.25, 0.3) is 5.65 Å². The van der Waals surface area contributed by atoms with E-state index in [0.717, 1.165) is 11.5 Å². The lowest BCUT2D eigenvalue weighted by atomic mass is 9.88. The molecule has 1 saturated carbocycles. The molecule has 0 amide bonds. The standard InChI is InChI=1S/C11H13ClN4/c1-11(4-2-3-5-11)10-15-14-9-6-8(12)13-7-16(9)10/h6-7H,2-5H2,1H3. The van der Waals surface area contributed by atoms with Crippen LogP contribution in [0.1, 0.15) is 38.4 Å². The maximum atomic E-state index is 5.83. The predicted molar refractivity (Wildman–Crippen MR) is 61.6 cm³/mol. The number of hydrogen-bond acceptors (Lipinski definition) is 3. The number of fused-ring (bicyclic) bond motifs is 1. The number of aromatic nitrogens is 4. The average molecular weight is 237 g/mol. The summed E-state index contributed by atoms with van der Waals surface area (Å²) in [6.07, 6.45) is 6.61. The molecular formula is C11H13ClN4. The van der Waals surface area contributed by atoms with Gasteiger partial charge in [-0.1, -0.05) is 31.4 Å². The largest absolute Gasteiger partial charge is 0.269 e. The molecule has 2 heterocycles. The Hall–Kier alpha value is -1.16. The highest BCUT2D eigenvalue weighted by atomic mass is 35.5. The lowest BCUT2D eigenvalue weighted by molar-refractivity contribution is 0.453. The van der Waals surface area contributed by atoms with Gasteiger partial charge in [-0.15, -0.1) is 10.2 Å². The van der Waals surface area contributed by atoms with E-state index in [0.29, 0.717) is 5.15 Å². The van der Waals surface area contributed by atoms with Crippen molar-refractivity contribution < 1.29 is 0 Å². The molecule has 16 heavy (non-hydrogen) atoms. The molecule has 0 spiro atoms. The molecular weight excluding hydrogens is 224 g/mol. The minimum Gasteiger partial charge on any atom is -0.269 e. The first-order valence-corrected chi connectivity index (χ1v) is 5.94. The van der Waals surface area contributed by atoms with Crippen molar-refractivity contribution >= 4 is 17.2 Å². The Kier molecular flexibility index (Phi) is 2.14. The molecule has 0 aromatic carbocycles. The Labute approximate surface area is 98.7 Å². The van der Waals surface area contributed by atoms with Crippen LogP contribution < -0.4 is 0 Å². The summed E-state index contributed by atoms with van der Waals surface area (Å²) in [7, 11) is 0. The first-order chi connectivity index (χ1) is 7.69. The third kappa shape index (κ3) is 1.40. The molecule has 0 unspecified atom stereocenters. The first-order valence-electron chi connectivity index (χ1n) is 5.56. The molecule has 2 aromatic rings. The van der Waals surface area contributed by atoms with Crippen LogP contribution in [0.5, 0.6) is 0 Å². The zero-order chi connectivity index (χ0) is 11.2. The topological polar surface area (TPSA) is 43.1 Å². The second-order valence-electron chi connectivity index (χ2n) is 4.73. The minimum absolute atomic E-state index is 0.148. The van der Waals surface area contributed by atoms with E-state index in [1.54, 1.807) is 12.4 Å². The van der Waals surface area contributed by atoms with Gasteiger partial charge in [-0.3, -0.25) is 4.40 Å². The molecule has 1 aliphatic rings. The first kappa shape index (κ1) is 10.0. The fourth-order valence-electron chi connectivity index (χ4n) is 2.56. The van der Waals surface area contributed by atoms with Crippen LogP contribution in [0.4, 0.5) is 0 Å². The molecule has 1 fully saturated rings. The van der Waals surface area contributed by atoms with Crippen molar-refractivity contribution in [3.8, 4) is 0 Å². The van der Waals surface area contributed by atoms with Crippen LogP contribution >= 0.6 is 11.6 Å². The van der Waals surface area contributed by atoms with E-state index in [-0.39, 0.29) is 5.41 Å². The summed E-state index contributed by atoms with van der Waals surface area (Å²) in [5, 5.41) is 8.92. The van der Waals surface area contributed by atoms with E-state index >= 15 is 0 Å². The van der Waals surface area contributed by atoms with Crippen molar-refractivity contribution in [3.05, 3.63) is 23.4 Å². The zero-order valence-electron chi connectivity index (χ0n) is 9.15. The smallest absolute Gasteiger partial charge is 0.165 e. The molecule has 2 aromatic heterocycles. The molecule has 0 N–H and O–H groups in total. The average Bonchev–Trinajstić information content (AvgIpc) is 2.84. The number of hydrogen-bond donors (Lipinski definition) is 0. The summed E-state index contributed by atoms with van der Waals surface area (Å²) >= 11 is 5.83. The highest BCUT2D eigenvalue weighted by Gasteiger charge is 2.34. The highest BCUT2D eigenvalue weighted by Crippen LogP contribution is 2.39. The molecule has 5 heteroatoms. The van der Waals surface area contributed by atoms with E-state index < -0.39 is 0 Å². The van der Waals surface area contributed by atoms with Crippen LogP contribution in [-0.4, -0.2) is 19.6 Å².